The molecule has 2 aromatic rings. The molecule has 0 spiro atoms. The van der Waals surface area contributed by atoms with E-state index in [2.05, 4.69) is 4.90 Å². The largest absolute Gasteiger partial charge is 0.384 e. The quantitative estimate of drug-likeness (QED) is 0.665. The number of hydrogen-bond donors (Lipinski definition) is 2. The molecule has 0 aliphatic carbocycles. The van der Waals surface area contributed by atoms with Crippen LogP contribution in [-0.4, -0.2) is 12.4 Å². The first-order chi connectivity index (χ1) is 9.65. The van der Waals surface area contributed by atoms with Crippen molar-refractivity contribution >= 4 is 11.5 Å². The predicted octanol–water partition coefficient (Wildman–Crippen LogP) is 2.67. The summed E-state index contributed by atoms with van der Waals surface area (Å²) in [6.07, 6.45) is 0.928. The summed E-state index contributed by atoms with van der Waals surface area (Å²) < 4.78 is 13.4. The number of fused-ring (bicyclic) bond motifs is 1. The molecule has 3 N–H and O–H groups in total. The lowest BCUT2D eigenvalue weighted by atomic mass is 10.1. The number of nitrogen functional groups attached to an aromatic ring is 1. The van der Waals surface area contributed by atoms with Gasteiger partial charge in [-0.15, -0.1) is 0 Å². The molecule has 0 saturated heterocycles. The molecule has 0 aromatic heterocycles. The first-order valence-corrected chi connectivity index (χ1v) is 6.61. The average Bonchev–Trinajstić information content (AvgIpc) is 2.82. The van der Waals surface area contributed by atoms with E-state index in [0.29, 0.717) is 6.54 Å². The van der Waals surface area contributed by atoms with Gasteiger partial charge in [0.05, 0.1) is 0 Å². The third-order valence-corrected chi connectivity index (χ3v) is 3.71. The van der Waals surface area contributed by atoms with Crippen molar-refractivity contribution in [3.05, 3.63) is 65.0 Å². The molecule has 102 valence electrons. The van der Waals surface area contributed by atoms with Crippen molar-refractivity contribution in [1.29, 1.82) is 5.41 Å². The molecule has 0 bridgehead atoms. The standard InChI is InChI=1S/C16H16FN3/c17-13-6-5-11-7-8-20(15(11)9-13)10-12-3-1-2-4-14(12)16(18)19/h1-6,9H,7-8,10H2,(H3,18,19). The summed E-state index contributed by atoms with van der Waals surface area (Å²) in [5, 5.41) is 7.63. The van der Waals surface area contributed by atoms with E-state index in [0.717, 1.165) is 29.8 Å². The molecule has 0 fully saturated rings. The Hall–Kier alpha value is -2.36. The Morgan fingerprint density at radius 3 is 2.85 bits per heavy atom. The topological polar surface area (TPSA) is 53.1 Å². The third kappa shape index (κ3) is 2.25. The summed E-state index contributed by atoms with van der Waals surface area (Å²) in [6.45, 7) is 1.51. The highest BCUT2D eigenvalue weighted by Gasteiger charge is 2.20. The van der Waals surface area contributed by atoms with Gasteiger partial charge in [-0.2, -0.15) is 0 Å². The number of nitrogens with one attached hydrogen (secondary N) is 1. The number of nitrogens with two attached hydrogens (primary N) is 1. The van der Waals surface area contributed by atoms with Crippen molar-refractivity contribution in [3.63, 3.8) is 0 Å². The van der Waals surface area contributed by atoms with Gasteiger partial charge in [-0.25, -0.2) is 4.39 Å². The van der Waals surface area contributed by atoms with Crippen LogP contribution in [0, 0.1) is 11.2 Å². The molecule has 0 saturated carbocycles. The van der Waals surface area contributed by atoms with Crippen LogP contribution in [0.3, 0.4) is 0 Å². The van der Waals surface area contributed by atoms with Crippen molar-refractivity contribution in [3.8, 4) is 0 Å². The van der Waals surface area contributed by atoms with Crippen molar-refractivity contribution in [2.45, 2.75) is 13.0 Å². The van der Waals surface area contributed by atoms with Crippen LogP contribution in [0.15, 0.2) is 42.5 Å². The van der Waals surface area contributed by atoms with E-state index in [9.17, 15) is 4.39 Å². The van der Waals surface area contributed by atoms with Crippen LogP contribution in [0.5, 0.6) is 0 Å². The molecular weight excluding hydrogens is 253 g/mol. The average molecular weight is 269 g/mol. The zero-order valence-corrected chi connectivity index (χ0v) is 11.1. The molecule has 20 heavy (non-hydrogen) atoms. The maximum absolute atomic E-state index is 13.4. The Kier molecular flexibility index (Phi) is 3.14. The van der Waals surface area contributed by atoms with Crippen LogP contribution in [0.2, 0.25) is 0 Å². The number of halogens is 1. The summed E-state index contributed by atoms with van der Waals surface area (Å²) in [6, 6.07) is 12.6. The molecule has 1 aliphatic rings. The van der Waals surface area contributed by atoms with E-state index in [-0.39, 0.29) is 11.7 Å². The van der Waals surface area contributed by atoms with E-state index >= 15 is 0 Å². The van der Waals surface area contributed by atoms with E-state index in [1.165, 1.54) is 11.6 Å². The normalized spacial score (nSPS) is 13.3. The third-order valence-electron chi connectivity index (χ3n) is 3.71. The number of amidine groups is 1. The molecule has 0 atom stereocenters. The second-order valence-corrected chi connectivity index (χ2v) is 5.02. The zero-order chi connectivity index (χ0) is 14.1. The first kappa shape index (κ1) is 12.7. The van der Waals surface area contributed by atoms with Gasteiger partial charge in [0.1, 0.15) is 11.7 Å². The molecule has 1 aliphatic heterocycles. The number of hydrogen-bond acceptors (Lipinski definition) is 2. The van der Waals surface area contributed by atoms with E-state index < -0.39 is 0 Å². The molecule has 2 aromatic carbocycles. The lowest BCUT2D eigenvalue weighted by Gasteiger charge is -2.21. The van der Waals surface area contributed by atoms with Gasteiger partial charge in [0.2, 0.25) is 0 Å². The minimum atomic E-state index is -0.212. The smallest absolute Gasteiger partial charge is 0.125 e. The Morgan fingerprint density at radius 2 is 2.05 bits per heavy atom. The number of rotatable bonds is 3. The lowest BCUT2D eigenvalue weighted by molar-refractivity contribution is 0.627. The lowest BCUT2D eigenvalue weighted by Crippen LogP contribution is -2.23. The highest BCUT2D eigenvalue weighted by Crippen LogP contribution is 2.30. The summed E-state index contributed by atoms with van der Waals surface area (Å²) in [5.74, 6) is -0.144. The molecule has 4 heteroatoms. The highest BCUT2D eigenvalue weighted by atomic mass is 19.1. The Bertz CT molecular complexity index is 667. The van der Waals surface area contributed by atoms with Gasteiger partial charge >= 0.3 is 0 Å². The van der Waals surface area contributed by atoms with Gasteiger partial charge in [-0.3, -0.25) is 5.41 Å². The second-order valence-electron chi connectivity index (χ2n) is 5.02. The van der Waals surface area contributed by atoms with Gasteiger partial charge < -0.3 is 10.6 Å². The Morgan fingerprint density at radius 1 is 1.25 bits per heavy atom. The molecule has 1 heterocycles. The first-order valence-electron chi connectivity index (χ1n) is 6.61. The fourth-order valence-electron chi connectivity index (χ4n) is 2.71. The minimum Gasteiger partial charge on any atom is -0.384 e. The number of nitrogens with zero attached hydrogens (tertiary/aromatic N) is 1. The second kappa shape index (κ2) is 4.96. The van der Waals surface area contributed by atoms with E-state index in [4.69, 9.17) is 11.1 Å². The van der Waals surface area contributed by atoms with Crippen LogP contribution >= 0.6 is 0 Å². The Labute approximate surface area is 117 Å². The highest BCUT2D eigenvalue weighted by molar-refractivity contribution is 5.96. The van der Waals surface area contributed by atoms with Crippen molar-refractivity contribution < 1.29 is 4.39 Å². The van der Waals surface area contributed by atoms with Crippen molar-refractivity contribution in [1.82, 2.24) is 0 Å². The monoisotopic (exact) mass is 269 g/mol. The molecule has 0 radical (unpaired) electrons. The van der Waals surface area contributed by atoms with E-state index in [1.54, 1.807) is 6.07 Å². The summed E-state index contributed by atoms with van der Waals surface area (Å²) in [5.41, 5.74) is 9.48. The molecule has 0 unspecified atom stereocenters. The van der Waals surface area contributed by atoms with Crippen LogP contribution in [0.25, 0.3) is 0 Å². The van der Waals surface area contributed by atoms with Gasteiger partial charge in [-0.1, -0.05) is 30.3 Å². The fourth-order valence-corrected chi connectivity index (χ4v) is 2.71. The summed E-state index contributed by atoms with van der Waals surface area (Å²) >= 11 is 0. The maximum Gasteiger partial charge on any atom is 0.125 e. The van der Waals surface area contributed by atoms with Crippen LogP contribution in [0.4, 0.5) is 10.1 Å². The number of benzene rings is 2. The predicted molar refractivity (Wildman–Crippen MR) is 78.6 cm³/mol. The summed E-state index contributed by atoms with van der Waals surface area (Å²) in [4.78, 5) is 2.14. The minimum absolute atomic E-state index is 0.0688. The maximum atomic E-state index is 13.4. The van der Waals surface area contributed by atoms with Gasteiger partial charge in [-0.05, 0) is 29.7 Å². The SMILES string of the molecule is N=C(N)c1ccccc1CN1CCc2ccc(F)cc21. The van der Waals surface area contributed by atoms with E-state index in [1.807, 2.05) is 30.3 Å². The number of anilines is 1. The van der Waals surface area contributed by atoms with Gasteiger partial charge in [0.15, 0.2) is 0 Å². The molecule has 3 nitrogen and oxygen atoms in total. The zero-order valence-electron chi connectivity index (χ0n) is 11.1. The van der Waals surface area contributed by atoms with Crippen LogP contribution in [0.1, 0.15) is 16.7 Å². The summed E-state index contributed by atoms with van der Waals surface area (Å²) in [7, 11) is 0. The molecule has 0 amide bonds. The van der Waals surface area contributed by atoms with Crippen LogP contribution < -0.4 is 10.6 Å². The van der Waals surface area contributed by atoms with Crippen molar-refractivity contribution in [2.24, 2.45) is 5.73 Å². The van der Waals surface area contributed by atoms with Crippen molar-refractivity contribution in [2.75, 3.05) is 11.4 Å². The molecular formula is C16H16FN3. The van der Waals surface area contributed by atoms with Crippen LogP contribution in [-0.2, 0) is 13.0 Å². The Balaban J connectivity index is 1.91. The molecule has 3 rings (SSSR count). The fraction of sp³-hybridized carbons (Fsp3) is 0.188. The van der Waals surface area contributed by atoms with Gasteiger partial charge in [0.25, 0.3) is 0 Å². The van der Waals surface area contributed by atoms with Gasteiger partial charge in [0, 0.05) is 24.3 Å².